The number of hydrogen-bond acceptors (Lipinski definition) is 11. The molecule has 5 heterocycles. The molecular formula is C40H35N9O7. The molecule has 2 saturated heterocycles. The number of carbonyl (C=O) groups excluding carboxylic acids is 6. The highest BCUT2D eigenvalue weighted by Crippen LogP contribution is 2.36. The Bertz CT molecular complexity index is 2410. The molecule has 282 valence electrons. The summed E-state index contributed by atoms with van der Waals surface area (Å²) in [7, 11) is 1.53. The van der Waals surface area contributed by atoms with Gasteiger partial charge in [0.2, 0.25) is 17.7 Å². The summed E-state index contributed by atoms with van der Waals surface area (Å²) < 4.78 is 7.53. The van der Waals surface area contributed by atoms with E-state index in [0.29, 0.717) is 54.5 Å². The van der Waals surface area contributed by atoms with E-state index in [-0.39, 0.29) is 41.5 Å². The van der Waals surface area contributed by atoms with Crippen molar-refractivity contribution in [3.05, 3.63) is 108 Å². The topological polar surface area (TPSA) is 198 Å². The van der Waals surface area contributed by atoms with E-state index in [4.69, 9.17) is 4.74 Å². The number of amides is 6. The molecular weight excluding hydrogens is 718 g/mol. The van der Waals surface area contributed by atoms with E-state index in [1.165, 1.54) is 13.2 Å². The first-order valence-corrected chi connectivity index (χ1v) is 18.1. The van der Waals surface area contributed by atoms with Crippen molar-refractivity contribution in [2.24, 2.45) is 5.92 Å². The fourth-order valence-electron chi connectivity index (χ4n) is 7.22. The Hall–Kier alpha value is -7.23. The molecule has 6 amide bonds. The van der Waals surface area contributed by atoms with Crippen LogP contribution in [-0.2, 0) is 14.4 Å². The van der Waals surface area contributed by atoms with Crippen molar-refractivity contribution >= 4 is 46.8 Å². The Morgan fingerprint density at radius 1 is 0.911 bits per heavy atom. The zero-order chi connectivity index (χ0) is 38.9. The normalized spacial score (nSPS) is 18.0. The number of benzene rings is 3. The number of piperidine rings is 2. The summed E-state index contributed by atoms with van der Waals surface area (Å²) in [6.45, 7) is 0.894. The largest absolute Gasteiger partial charge is 0.457 e. The maximum absolute atomic E-state index is 13.7. The first-order valence-electron chi connectivity index (χ1n) is 18.1. The van der Waals surface area contributed by atoms with E-state index in [2.05, 4.69) is 31.2 Å². The van der Waals surface area contributed by atoms with Gasteiger partial charge in [0.25, 0.3) is 17.7 Å². The number of rotatable bonds is 9. The lowest BCUT2D eigenvalue weighted by molar-refractivity contribution is -0.136. The summed E-state index contributed by atoms with van der Waals surface area (Å²) in [5.41, 5.74) is 3.83. The Labute approximate surface area is 319 Å². The molecule has 0 bridgehead atoms. The lowest BCUT2D eigenvalue weighted by Gasteiger charge is -2.34. The minimum absolute atomic E-state index is 0.0348. The number of nitrogens with zero attached hydrogens (tertiary/aromatic N) is 6. The highest BCUT2D eigenvalue weighted by molar-refractivity contribution is 6.25. The predicted octanol–water partition coefficient (Wildman–Crippen LogP) is 3.74. The molecule has 0 saturated carbocycles. The van der Waals surface area contributed by atoms with Crippen molar-refractivity contribution in [1.29, 1.82) is 0 Å². The van der Waals surface area contributed by atoms with Crippen LogP contribution in [0.2, 0.25) is 0 Å². The van der Waals surface area contributed by atoms with Crippen LogP contribution in [0.3, 0.4) is 0 Å². The summed E-state index contributed by atoms with van der Waals surface area (Å²) in [5.74, 6) is -2.14. The molecule has 2 fully saturated rings. The third-order valence-electron chi connectivity index (χ3n) is 10.0. The highest BCUT2D eigenvalue weighted by atomic mass is 16.5. The van der Waals surface area contributed by atoms with Gasteiger partial charge in [-0.3, -0.25) is 44.0 Å². The molecule has 16 heteroatoms. The number of aromatic nitrogens is 4. The molecule has 16 nitrogen and oxygen atoms in total. The van der Waals surface area contributed by atoms with E-state index in [0.717, 1.165) is 16.2 Å². The summed E-state index contributed by atoms with van der Waals surface area (Å²) in [6.07, 6.45) is 4.69. The van der Waals surface area contributed by atoms with Gasteiger partial charge in [-0.05, 0) is 73.9 Å². The molecule has 3 aromatic carbocycles. The van der Waals surface area contributed by atoms with Crippen molar-refractivity contribution in [3.8, 4) is 28.4 Å². The van der Waals surface area contributed by atoms with Crippen LogP contribution in [0.15, 0.2) is 91.3 Å². The summed E-state index contributed by atoms with van der Waals surface area (Å²) in [4.78, 5) is 83.9. The van der Waals surface area contributed by atoms with Crippen LogP contribution in [-0.4, -0.2) is 86.5 Å². The van der Waals surface area contributed by atoms with Crippen LogP contribution in [0.25, 0.3) is 16.9 Å². The Morgan fingerprint density at radius 3 is 2.54 bits per heavy atom. The van der Waals surface area contributed by atoms with Crippen molar-refractivity contribution < 1.29 is 33.5 Å². The van der Waals surface area contributed by atoms with Gasteiger partial charge in [-0.1, -0.05) is 23.4 Å². The van der Waals surface area contributed by atoms with Crippen LogP contribution in [0.1, 0.15) is 56.9 Å². The van der Waals surface area contributed by atoms with E-state index >= 15 is 0 Å². The molecule has 0 spiro atoms. The molecule has 3 aliphatic rings. The average Bonchev–Trinajstić information content (AvgIpc) is 3.81. The number of fused-ring (bicyclic) bond motifs is 1. The highest BCUT2D eigenvalue weighted by Gasteiger charge is 2.46. The van der Waals surface area contributed by atoms with Gasteiger partial charge in [-0.2, -0.15) is 0 Å². The summed E-state index contributed by atoms with van der Waals surface area (Å²) in [6, 6.07) is 21.7. The quantitative estimate of drug-likeness (QED) is 0.186. The average molecular weight is 754 g/mol. The minimum Gasteiger partial charge on any atom is -0.457 e. The summed E-state index contributed by atoms with van der Waals surface area (Å²) in [5, 5.41) is 16.4. The first kappa shape index (κ1) is 35.8. The Morgan fingerprint density at radius 2 is 1.73 bits per heavy atom. The molecule has 0 aliphatic carbocycles. The minimum atomic E-state index is -1.06. The van der Waals surface area contributed by atoms with Crippen molar-refractivity contribution in [1.82, 2.24) is 35.5 Å². The van der Waals surface area contributed by atoms with E-state index in [1.807, 2.05) is 35.2 Å². The third kappa shape index (κ3) is 6.95. The Balaban J connectivity index is 0.920. The van der Waals surface area contributed by atoms with Crippen molar-refractivity contribution in [2.75, 3.05) is 30.4 Å². The van der Waals surface area contributed by atoms with Crippen LogP contribution in [0, 0.1) is 5.92 Å². The van der Waals surface area contributed by atoms with Gasteiger partial charge >= 0.3 is 0 Å². The van der Waals surface area contributed by atoms with Gasteiger partial charge in [0.05, 0.1) is 34.6 Å². The molecule has 0 radical (unpaired) electrons. The molecule has 2 unspecified atom stereocenters. The van der Waals surface area contributed by atoms with E-state index in [1.54, 1.807) is 59.4 Å². The number of hydrogen-bond donors (Lipinski definition) is 3. The van der Waals surface area contributed by atoms with Crippen molar-refractivity contribution in [2.45, 2.75) is 31.7 Å². The van der Waals surface area contributed by atoms with Gasteiger partial charge in [0.15, 0.2) is 0 Å². The molecule has 3 aliphatic heterocycles. The molecule has 2 atom stereocenters. The molecule has 56 heavy (non-hydrogen) atoms. The van der Waals surface area contributed by atoms with Gasteiger partial charge in [-0.15, -0.1) is 5.10 Å². The number of carbonyl (C=O) groups is 6. The van der Waals surface area contributed by atoms with Crippen LogP contribution < -0.4 is 25.6 Å². The lowest BCUT2D eigenvalue weighted by Crippen LogP contribution is -2.54. The SMILES string of the molecule is CNC(=O)c1cc(Oc2ccc(-n3cc(-c4cccc(NC(=O)C5CCCN(c6cccc7c6C(=O)N(C6CCC(=O)NC6=O)C7=O)C5)c4)nn3)cc2)ccn1. The second-order valence-corrected chi connectivity index (χ2v) is 13.6. The molecule has 5 aromatic rings. The summed E-state index contributed by atoms with van der Waals surface area (Å²) >= 11 is 0. The fraction of sp³-hybridized carbons (Fsp3) is 0.225. The number of ether oxygens (including phenoxy) is 1. The van der Waals surface area contributed by atoms with Gasteiger partial charge in [0, 0.05) is 50.1 Å². The molecule has 8 rings (SSSR count). The molecule has 2 aromatic heterocycles. The Kier molecular flexibility index (Phi) is 9.51. The van der Waals surface area contributed by atoms with Gasteiger partial charge in [-0.25, -0.2) is 4.68 Å². The number of imide groups is 2. The number of anilines is 2. The van der Waals surface area contributed by atoms with Crippen molar-refractivity contribution in [3.63, 3.8) is 0 Å². The second-order valence-electron chi connectivity index (χ2n) is 13.6. The van der Waals surface area contributed by atoms with E-state index in [9.17, 15) is 28.8 Å². The predicted molar refractivity (Wildman–Crippen MR) is 201 cm³/mol. The number of nitrogens with one attached hydrogen (secondary N) is 3. The number of pyridine rings is 1. The molecule has 3 N–H and O–H groups in total. The first-order chi connectivity index (χ1) is 27.2. The van der Waals surface area contributed by atoms with Crippen LogP contribution >= 0.6 is 0 Å². The van der Waals surface area contributed by atoms with Crippen LogP contribution in [0.5, 0.6) is 11.5 Å². The third-order valence-corrected chi connectivity index (χ3v) is 10.0. The van der Waals surface area contributed by atoms with E-state index < -0.39 is 35.6 Å². The van der Waals surface area contributed by atoms with Crippen LogP contribution in [0.4, 0.5) is 11.4 Å². The van der Waals surface area contributed by atoms with Gasteiger partial charge < -0.3 is 20.3 Å². The maximum Gasteiger partial charge on any atom is 0.269 e. The lowest BCUT2D eigenvalue weighted by atomic mass is 9.95. The maximum atomic E-state index is 13.7. The zero-order valence-corrected chi connectivity index (χ0v) is 30.1. The fourth-order valence-corrected chi connectivity index (χ4v) is 7.22. The smallest absolute Gasteiger partial charge is 0.269 e. The standard InChI is InChI=1S/C40H35N9O7/c1-41-37(52)30-20-28(16-17-42-30)56-27-12-10-26(11-13-27)48-22-31(45-46-48)23-5-2-7-25(19-23)43-36(51)24-6-4-18-47(21-24)32-9-3-8-29-35(32)40(55)49(39(29)54)33-14-15-34(50)44-38(33)53/h2-3,5,7-13,16-17,19-20,22,24,33H,4,6,14-15,18,21H2,1H3,(H,41,52)(H,43,51)(H,44,50,53). The monoisotopic (exact) mass is 753 g/mol. The zero-order valence-electron chi connectivity index (χ0n) is 30.1. The van der Waals surface area contributed by atoms with Gasteiger partial charge in [0.1, 0.15) is 28.9 Å². The second kappa shape index (κ2) is 14.9.